The van der Waals surface area contributed by atoms with Gasteiger partial charge in [0.2, 0.25) is 0 Å². The number of ether oxygens (including phenoxy) is 1. The third-order valence-electron chi connectivity index (χ3n) is 1.72. The molecule has 3 heteroatoms. The molecular weight excluding hydrogens is 142 g/mol. The normalized spacial score (nSPS) is 30.7. The fourth-order valence-electron chi connectivity index (χ4n) is 1.04. The van der Waals surface area contributed by atoms with E-state index in [1.54, 1.807) is 0 Å². The van der Waals surface area contributed by atoms with Crippen LogP contribution in [-0.4, -0.2) is 37.0 Å². The van der Waals surface area contributed by atoms with E-state index in [-0.39, 0.29) is 12.1 Å². The lowest BCUT2D eigenvalue weighted by atomic mass is 10.2. The molecule has 0 amide bonds. The maximum Gasteiger partial charge on any atom is 0.0948 e. The Hall–Kier alpha value is -0.380. The lowest BCUT2D eigenvalue weighted by molar-refractivity contribution is 0.122. The van der Waals surface area contributed by atoms with Gasteiger partial charge in [0.25, 0.3) is 0 Å². The fraction of sp³-hybridized carbons (Fsp3) is 0.750. The molecule has 1 rings (SSSR count). The first-order valence-corrected chi connectivity index (χ1v) is 3.83. The second kappa shape index (κ2) is 3.85. The topological polar surface area (TPSA) is 41.5 Å². The van der Waals surface area contributed by atoms with Crippen LogP contribution in [-0.2, 0) is 4.74 Å². The van der Waals surface area contributed by atoms with Crippen LogP contribution in [0, 0.1) is 0 Å². The van der Waals surface area contributed by atoms with Gasteiger partial charge in [0.15, 0.2) is 0 Å². The first kappa shape index (κ1) is 8.71. The van der Waals surface area contributed by atoms with Gasteiger partial charge >= 0.3 is 0 Å². The van der Waals surface area contributed by atoms with E-state index in [4.69, 9.17) is 4.74 Å². The zero-order chi connectivity index (χ0) is 8.27. The van der Waals surface area contributed by atoms with Crippen LogP contribution in [0.3, 0.4) is 0 Å². The number of aliphatic hydroxyl groups excluding tert-OH is 1. The summed E-state index contributed by atoms with van der Waals surface area (Å²) in [6.45, 7) is 7.52. The Bertz CT molecular complexity index is 147. The van der Waals surface area contributed by atoms with Crippen molar-refractivity contribution in [1.29, 1.82) is 0 Å². The van der Waals surface area contributed by atoms with Crippen molar-refractivity contribution >= 4 is 0 Å². The van der Waals surface area contributed by atoms with Gasteiger partial charge in [0, 0.05) is 6.54 Å². The monoisotopic (exact) mass is 157 g/mol. The molecule has 11 heavy (non-hydrogen) atoms. The van der Waals surface area contributed by atoms with Crippen LogP contribution < -0.4 is 5.32 Å². The molecule has 2 atom stereocenters. The molecule has 1 heterocycles. The van der Waals surface area contributed by atoms with Crippen LogP contribution in [0.2, 0.25) is 0 Å². The molecule has 1 saturated heterocycles. The number of hydrogen-bond donors (Lipinski definition) is 2. The number of hydrogen-bond acceptors (Lipinski definition) is 3. The van der Waals surface area contributed by atoms with Gasteiger partial charge in [-0.3, -0.25) is 0 Å². The largest absolute Gasteiger partial charge is 0.389 e. The first-order chi connectivity index (χ1) is 5.20. The van der Waals surface area contributed by atoms with E-state index in [1.165, 1.54) is 0 Å². The molecule has 0 radical (unpaired) electrons. The minimum Gasteiger partial charge on any atom is -0.389 e. The summed E-state index contributed by atoms with van der Waals surface area (Å²) in [7, 11) is 0. The Morgan fingerprint density at radius 3 is 2.91 bits per heavy atom. The van der Waals surface area contributed by atoms with Gasteiger partial charge in [-0.15, -0.1) is 0 Å². The Labute approximate surface area is 67.1 Å². The summed E-state index contributed by atoms with van der Waals surface area (Å²) in [4.78, 5) is 0. The molecule has 0 aromatic carbocycles. The van der Waals surface area contributed by atoms with Gasteiger partial charge in [-0.1, -0.05) is 12.2 Å². The Morgan fingerprint density at radius 1 is 1.73 bits per heavy atom. The van der Waals surface area contributed by atoms with Crippen LogP contribution in [0.15, 0.2) is 12.2 Å². The summed E-state index contributed by atoms with van der Waals surface area (Å²) in [5, 5.41) is 12.4. The van der Waals surface area contributed by atoms with Crippen molar-refractivity contribution in [3.05, 3.63) is 12.2 Å². The standard InChI is InChI=1S/C8H15NO2/c1-6(2)3-9-7-4-11-5-8(7)10/h7-10H,1,3-5H2,2H3/t7-,8-/m1/s1. The maximum atomic E-state index is 9.28. The zero-order valence-electron chi connectivity index (χ0n) is 6.84. The third kappa shape index (κ3) is 2.61. The van der Waals surface area contributed by atoms with E-state index in [2.05, 4.69) is 11.9 Å². The van der Waals surface area contributed by atoms with Crippen molar-refractivity contribution < 1.29 is 9.84 Å². The van der Waals surface area contributed by atoms with Gasteiger partial charge in [-0.2, -0.15) is 0 Å². The minimum absolute atomic E-state index is 0.0895. The quantitative estimate of drug-likeness (QED) is 0.563. The predicted molar refractivity (Wildman–Crippen MR) is 43.4 cm³/mol. The average Bonchev–Trinajstić information content (AvgIpc) is 2.31. The van der Waals surface area contributed by atoms with Crippen LogP contribution in [0.4, 0.5) is 0 Å². The molecular formula is C8H15NO2. The van der Waals surface area contributed by atoms with E-state index < -0.39 is 0 Å². The second-order valence-corrected chi connectivity index (χ2v) is 3.05. The van der Waals surface area contributed by atoms with E-state index >= 15 is 0 Å². The molecule has 0 aliphatic carbocycles. The van der Waals surface area contributed by atoms with Crippen LogP contribution in [0.1, 0.15) is 6.92 Å². The van der Waals surface area contributed by atoms with Gasteiger partial charge in [-0.05, 0) is 6.92 Å². The molecule has 0 spiro atoms. The first-order valence-electron chi connectivity index (χ1n) is 3.83. The predicted octanol–water partition coefficient (Wildman–Crippen LogP) is -0.0882. The second-order valence-electron chi connectivity index (χ2n) is 3.05. The molecule has 1 fully saturated rings. The summed E-state index contributed by atoms with van der Waals surface area (Å²) in [6, 6.07) is 0.0895. The van der Waals surface area contributed by atoms with Crippen LogP contribution in [0.5, 0.6) is 0 Å². The molecule has 0 saturated carbocycles. The van der Waals surface area contributed by atoms with Crippen LogP contribution in [0.25, 0.3) is 0 Å². The maximum absolute atomic E-state index is 9.28. The smallest absolute Gasteiger partial charge is 0.0948 e. The highest BCUT2D eigenvalue weighted by Gasteiger charge is 2.24. The molecule has 0 unspecified atom stereocenters. The Kier molecular flexibility index (Phi) is 3.05. The lowest BCUT2D eigenvalue weighted by Crippen LogP contribution is -2.39. The SMILES string of the molecule is C=C(C)CN[C@@H]1COC[C@H]1O. The van der Waals surface area contributed by atoms with Gasteiger partial charge in [-0.25, -0.2) is 0 Å². The molecule has 3 nitrogen and oxygen atoms in total. The van der Waals surface area contributed by atoms with Crippen molar-refractivity contribution in [3.8, 4) is 0 Å². The van der Waals surface area contributed by atoms with Crippen molar-refractivity contribution in [1.82, 2.24) is 5.32 Å². The zero-order valence-corrected chi connectivity index (χ0v) is 6.84. The van der Waals surface area contributed by atoms with Gasteiger partial charge in [0.05, 0.1) is 25.4 Å². The highest BCUT2D eigenvalue weighted by atomic mass is 16.5. The minimum atomic E-state index is -0.352. The molecule has 1 aliphatic heterocycles. The van der Waals surface area contributed by atoms with Crippen molar-refractivity contribution in [2.45, 2.75) is 19.1 Å². The summed E-state index contributed by atoms with van der Waals surface area (Å²) in [5.41, 5.74) is 1.07. The molecule has 0 bridgehead atoms. The highest BCUT2D eigenvalue weighted by molar-refractivity contribution is 4.93. The van der Waals surface area contributed by atoms with E-state index in [0.29, 0.717) is 13.2 Å². The molecule has 64 valence electrons. The lowest BCUT2D eigenvalue weighted by Gasteiger charge is -2.13. The van der Waals surface area contributed by atoms with Crippen molar-refractivity contribution in [2.24, 2.45) is 0 Å². The van der Waals surface area contributed by atoms with Crippen LogP contribution >= 0.6 is 0 Å². The van der Waals surface area contributed by atoms with E-state index in [9.17, 15) is 5.11 Å². The van der Waals surface area contributed by atoms with Crippen molar-refractivity contribution in [2.75, 3.05) is 19.8 Å². The average molecular weight is 157 g/mol. The summed E-state index contributed by atoms with van der Waals surface area (Å²) in [6.07, 6.45) is -0.352. The highest BCUT2D eigenvalue weighted by Crippen LogP contribution is 2.04. The number of aliphatic hydroxyl groups is 1. The van der Waals surface area contributed by atoms with Crippen molar-refractivity contribution in [3.63, 3.8) is 0 Å². The molecule has 0 aromatic rings. The Morgan fingerprint density at radius 2 is 2.45 bits per heavy atom. The van der Waals surface area contributed by atoms with Gasteiger partial charge < -0.3 is 15.2 Å². The molecule has 0 aromatic heterocycles. The summed E-state index contributed by atoms with van der Waals surface area (Å²) < 4.78 is 5.06. The molecule has 2 N–H and O–H groups in total. The molecule has 1 aliphatic rings. The van der Waals surface area contributed by atoms with Gasteiger partial charge in [0.1, 0.15) is 0 Å². The number of rotatable bonds is 3. The van der Waals surface area contributed by atoms with E-state index in [0.717, 1.165) is 12.1 Å². The third-order valence-corrected chi connectivity index (χ3v) is 1.72. The summed E-state index contributed by atoms with van der Waals surface area (Å²) >= 11 is 0. The number of nitrogens with one attached hydrogen (secondary N) is 1. The fourth-order valence-corrected chi connectivity index (χ4v) is 1.04. The summed E-state index contributed by atoms with van der Waals surface area (Å²) in [5.74, 6) is 0. The van der Waals surface area contributed by atoms with E-state index in [1.807, 2.05) is 6.92 Å². The Balaban J connectivity index is 2.20.